The van der Waals surface area contributed by atoms with Gasteiger partial charge in [0, 0.05) is 18.9 Å². The van der Waals surface area contributed by atoms with Gasteiger partial charge >= 0.3 is 0 Å². The van der Waals surface area contributed by atoms with Crippen molar-refractivity contribution in [3.63, 3.8) is 0 Å². The number of halogens is 2. The normalized spacial score (nSPS) is 26.8. The molecule has 0 radical (unpaired) electrons. The Morgan fingerprint density at radius 2 is 2.06 bits per heavy atom. The Morgan fingerprint density at radius 3 is 2.61 bits per heavy atom. The second-order valence-corrected chi connectivity index (χ2v) is 6.03. The Hall–Kier alpha value is -0.180. The number of nitrogens with two attached hydrogens (primary N) is 1. The molecule has 1 aliphatic rings. The summed E-state index contributed by atoms with van der Waals surface area (Å²) in [4.78, 5) is 0. The van der Waals surface area contributed by atoms with Crippen molar-refractivity contribution in [3.8, 4) is 0 Å². The van der Waals surface area contributed by atoms with E-state index in [0.29, 0.717) is 12.3 Å². The molecule has 3 atom stereocenters. The smallest absolute Gasteiger partial charge is 0.248 e. The highest BCUT2D eigenvalue weighted by atomic mass is 19.3. The summed E-state index contributed by atoms with van der Waals surface area (Å²) in [6.45, 7) is 4.34. The number of hydrogen-bond acceptors (Lipinski definition) is 1. The molecule has 1 saturated carbocycles. The molecule has 0 aromatic rings. The van der Waals surface area contributed by atoms with Crippen LogP contribution in [0.15, 0.2) is 0 Å². The third-order valence-electron chi connectivity index (χ3n) is 4.41. The van der Waals surface area contributed by atoms with Gasteiger partial charge in [0.15, 0.2) is 0 Å². The summed E-state index contributed by atoms with van der Waals surface area (Å²) in [5, 5.41) is 0. The SMILES string of the molecule is CCCCC(CC)C(N)CC1CCCC(F)(F)C1. The van der Waals surface area contributed by atoms with E-state index in [0.717, 1.165) is 25.7 Å². The summed E-state index contributed by atoms with van der Waals surface area (Å²) in [5.74, 6) is -1.78. The van der Waals surface area contributed by atoms with Crippen molar-refractivity contribution in [2.24, 2.45) is 17.6 Å². The highest BCUT2D eigenvalue weighted by Crippen LogP contribution is 2.39. The van der Waals surface area contributed by atoms with Gasteiger partial charge in [-0.05, 0) is 37.5 Å². The van der Waals surface area contributed by atoms with Crippen LogP contribution in [0.4, 0.5) is 8.78 Å². The first kappa shape index (κ1) is 15.9. The van der Waals surface area contributed by atoms with E-state index in [4.69, 9.17) is 5.73 Å². The fraction of sp³-hybridized carbons (Fsp3) is 1.00. The van der Waals surface area contributed by atoms with Crippen molar-refractivity contribution < 1.29 is 8.78 Å². The molecule has 1 rings (SSSR count). The highest BCUT2D eigenvalue weighted by molar-refractivity contribution is 4.83. The van der Waals surface area contributed by atoms with Crippen LogP contribution in [0.25, 0.3) is 0 Å². The maximum absolute atomic E-state index is 13.3. The summed E-state index contributed by atoms with van der Waals surface area (Å²) >= 11 is 0. The molecule has 0 spiro atoms. The Kier molecular flexibility index (Phi) is 6.54. The van der Waals surface area contributed by atoms with Crippen LogP contribution in [0.5, 0.6) is 0 Å². The van der Waals surface area contributed by atoms with Gasteiger partial charge < -0.3 is 5.73 Å². The van der Waals surface area contributed by atoms with Crippen LogP contribution in [0.1, 0.15) is 71.6 Å². The maximum atomic E-state index is 13.3. The molecule has 0 saturated heterocycles. The highest BCUT2D eigenvalue weighted by Gasteiger charge is 2.37. The lowest BCUT2D eigenvalue weighted by molar-refractivity contribution is -0.0550. The molecule has 1 fully saturated rings. The summed E-state index contributed by atoms with van der Waals surface area (Å²) in [6, 6.07) is 0.112. The average Bonchev–Trinajstić information content (AvgIpc) is 2.28. The lowest BCUT2D eigenvalue weighted by Gasteiger charge is -2.32. The van der Waals surface area contributed by atoms with Gasteiger partial charge in [0.25, 0.3) is 0 Å². The molecule has 0 bridgehead atoms. The largest absolute Gasteiger partial charge is 0.327 e. The predicted octanol–water partition coefficient (Wildman–Crippen LogP) is 4.75. The van der Waals surface area contributed by atoms with Gasteiger partial charge in [-0.1, -0.05) is 33.1 Å². The topological polar surface area (TPSA) is 26.0 Å². The van der Waals surface area contributed by atoms with Gasteiger partial charge in [-0.3, -0.25) is 0 Å². The second kappa shape index (κ2) is 7.42. The first-order valence-electron chi connectivity index (χ1n) is 7.62. The predicted molar refractivity (Wildman–Crippen MR) is 72.8 cm³/mol. The molecule has 3 heteroatoms. The van der Waals surface area contributed by atoms with Crippen LogP contribution in [0.3, 0.4) is 0 Å². The van der Waals surface area contributed by atoms with E-state index in [1.807, 2.05) is 0 Å². The molecule has 1 nitrogen and oxygen atoms in total. The summed E-state index contributed by atoms with van der Waals surface area (Å²) in [5.41, 5.74) is 6.24. The molecular formula is C15H29F2N. The molecule has 0 amide bonds. The van der Waals surface area contributed by atoms with Crippen LogP contribution in [0, 0.1) is 11.8 Å². The minimum Gasteiger partial charge on any atom is -0.327 e. The zero-order chi connectivity index (χ0) is 13.6. The van der Waals surface area contributed by atoms with E-state index < -0.39 is 5.92 Å². The summed E-state index contributed by atoms with van der Waals surface area (Å²) in [6.07, 6.45) is 7.14. The minimum atomic E-state index is -2.44. The van der Waals surface area contributed by atoms with E-state index >= 15 is 0 Å². The molecule has 0 aromatic heterocycles. The first-order chi connectivity index (χ1) is 8.48. The Balaban J connectivity index is 2.39. The van der Waals surface area contributed by atoms with Crippen LogP contribution in [0.2, 0.25) is 0 Å². The average molecular weight is 261 g/mol. The zero-order valence-electron chi connectivity index (χ0n) is 11.9. The van der Waals surface area contributed by atoms with Gasteiger partial charge in [0.1, 0.15) is 0 Å². The van der Waals surface area contributed by atoms with E-state index in [2.05, 4.69) is 13.8 Å². The zero-order valence-corrected chi connectivity index (χ0v) is 11.9. The van der Waals surface area contributed by atoms with Crippen molar-refractivity contribution in [3.05, 3.63) is 0 Å². The third-order valence-corrected chi connectivity index (χ3v) is 4.41. The Labute approximate surface area is 111 Å². The Bertz CT molecular complexity index is 231. The summed E-state index contributed by atoms with van der Waals surface area (Å²) < 4.78 is 26.7. The van der Waals surface area contributed by atoms with Crippen LogP contribution in [-0.4, -0.2) is 12.0 Å². The van der Waals surface area contributed by atoms with Gasteiger partial charge in [-0.25, -0.2) is 8.78 Å². The lowest BCUT2D eigenvalue weighted by atomic mass is 9.79. The molecule has 108 valence electrons. The molecule has 18 heavy (non-hydrogen) atoms. The van der Waals surface area contributed by atoms with Crippen LogP contribution >= 0.6 is 0 Å². The number of unbranched alkanes of at least 4 members (excludes halogenated alkanes) is 1. The van der Waals surface area contributed by atoms with Gasteiger partial charge in [0.2, 0.25) is 5.92 Å². The number of rotatable bonds is 7. The minimum absolute atomic E-state index is 0.0604. The number of hydrogen-bond donors (Lipinski definition) is 1. The fourth-order valence-electron chi connectivity index (χ4n) is 3.24. The van der Waals surface area contributed by atoms with Gasteiger partial charge in [0.05, 0.1) is 0 Å². The molecule has 1 aliphatic carbocycles. The van der Waals surface area contributed by atoms with Gasteiger partial charge in [-0.15, -0.1) is 0 Å². The van der Waals surface area contributed by atoms with Crippen molar-refractivity contribution in [1.29, 1.82) is 0 Å². The monoisotopic (exact) mass is 261 g/mol. The van der Waals surface area contributed by atoms with Crippen molar-refractivity contribution in [2.75, 3.05) is 0 Å². The van der Waals surface area contributed by atoms with E-state index in [9.17, 15) is 8.78 Å². The van der Waals surface area contributed by atoms with E-state index in [-0.39, 0.29) is 24.8 Å². The summed E-state index contributed by atoms with van der Waals surface area (Å²) in [7, 11) is 0. The third kappa shape index (κ3) is 5.21. The molecule has 3 unspecified atom stereocenters. The molecular weight excluding hydrogens is 232 g/mol. The fourth-order valence-corrected chi connectivity index (χ4v) is 3.24. The van der Waals surface area contributed by atoms with E-state index in [1.54, 1.807) is 0 Å². The second-order valence-electron chi connectivity index (χ2n) is 6.03. The van der Waals surface area contributed by atoms with Crippen LogP contribution in [-0.2, 0) is 0 Å². The number of alkyl halides is 2. The lowest BCUT2D eigenvalue weighted by Crippen LogP contribution is -2.35. The quantitative estimate of drug-likeness (QED) is 0.703. The van der Waals surface area contributed by atoms with E-state index in [1.165, 1.54) is 12.8 Å². The molecule has 0 heterocycles. The molecule has 0 aliphatic heterocycles. The van der Waals surface area contributed by atoms with Crippen molar-refractivity contribution in [2.45, 2.75) is 83.6 Å². The van der Waals surface area contributed by atoms with Gasteiger partial charge in [-0.2, -0.15) is 0 Å². The first-order valence-corrected chi connectivity index (χ1v) is 7.62. The van der Waals surface area contributed by atoms with Crippen molar-refractivity contribution >= 4 is 0 Å². The standard InChI is InChI=1S/C15H29F2N/c1-3-5-8-13(4-2)14(18)10-12-7-6-9-15(16,17)11-12/h12-14H,3-11,18H2,1-2H3. The van der Waals surface area contributed by atoms with Crippen molar-refractivity contribution in [1.82, 2.24) is 0 Å². The molecule has 2 N–H and O–H groups in total. The maximum Gasteiger partial charge on any atom is 0.248 e. The Morgan fingerprint density at radius 1 is 1.33 bits per heavy atom. The van der Waals surface area contributed by atoms with Crippen LogP contribution < -0.4 is 5.73 Å². The molecule has 0 aromatic carbocycles.